The Hall–Kier alpha value is -6.68. The van der Waals surface area contributed by atoms with Gasteiger partial charge in [0.25, 0.3) is 0 Å². The molecule has 0 saturated carbocycles. The number of rotatable bonds is 4. The summed E-state index contributed by atoms with van der Waals surface area (Å²) in [4.78, 5) is 0. The van der Waals surface area contributed by atoms with Gasteiger partial charge in [-0.1, -0.05) is 115 Å². The highest BCUT2D eigenvalue weighted by molar-refractivity contribution is 7.25. The average molecular weight is 719 g/mol. The maximum absolute atomic E-state index is 2.50. The molecule has 0 amide bonds. The highest BCUT2D eigenvalue weighted by Crippen LogP contribution is 2.42. The number of fused-ring (bicyclic) bond motifs is 10. The van der Waals surface area contributed by atoms with Gasteiger partial charge in [0.15, 0.2) is 0 Å². The summed E-state index contributed by atoms with van der Waals surface area (Å²) >= 11 is 1.87. The molecule has 1 aliphatic rings. The molecular weight excluding hydrogens is 685 g/mol. The first-order valence-electron chi connectivity index (χ1n) is 19.1. The molecule has 0 saturated heterocycles. The first-order chi connectivity index (χ1) is 27.3. The SMILES string of the molecule is C1=C(n2c3ccccc3c3cc(-c4ccc5c(c4)c4ccccc4n5-c4ccc(-c5cccc6sc7ccccc7c56)cc4)ccc32)CCc2ccccc21. The second-order valence-corrected chi connectivity index (χ2v) is 15.9. The van der Waals surface area contributed by atoms with E-state index in [1.54, 1.807) is 0 Å². The molecule has 3 heteroatoms. The van der Waals surface area contributed by atoms with Crippen molar-refractivity contribution in [3.63, 3.8) is 0 Å². The molecule has 0 radical (unpaired) electrons. The van der Waals surface area contributed by atoms with Crippen LogP contribution in [0.5, 0.6) is 0 Å². The van der Waals surface area contributed by atoms with E-state index < -0.39 is 0 Å². The van der Waals surface area contributed by atoms with Crippen LogP contribution in [0.4, 0.5) is 0 Å². The minimum atomic E-state index is 1.03. The summed E-state index contributed by atoms with van der Waals surface area (Å²) in [6, 6.07) is 65.2. The smallest absolute Gasteiger partial charge is 0.0541 e. The molecule has 2 nitrogen and oxygen atoms in total. The van der Waals surface area contributed by atoms with Gasteiger partial charge in [-0.2, -0.15) is 0 Å². The van der Waals surface area contributed by atoms with Crippen molar-refractivity contribution in [2.24, 2.45) is 0 Å². The molecule has 0 aliphatic heterocycles. The second kappa shape index (κ2) is 11.9. The molecule has 0 atom stereocenters. The molecule has 0 N–H and O–H groups in total. The van der Waals surface area contributed by atoms with E-state index in [1.807, 2.05) is 11.3 Å². The molecule has 3 aromatic heterocycles. The Labute approximate surface area is 322 Å². The number of allylic oxidation sites excluding steroid dienone is 1. The monoisotopic (exact) mass is 718 g/mol. The molecule has 1 aliphatic carbocycles. The van der Waals surface area contributed by atoms with E-state index >= 15 is 0 Å². The van der Waals surface area contributed by atoms with Gasteiger partial charge in [0.2, 0.25) is 0 Å². The van der Waals surface area contributed by atoms with Crippen LogP contribution in [0.2, 0.25) is 0 Å². The second-order valence-electron chi connectivity index (χ2n) is 14.8. The molecule has 12 rings (SSSR count). The normalized spacial score (nSPS) is 13.1. The minimum absolute atomic E-state index is 1.03. The number of nitrogens with zero attached hydrogens (tertiary/aromatic N) is 2. The Kier molecular flexibility index (Phi) is 6.66. The van der Waals surface area contributed by atoms with Crippen molar-refractivity contribution in [2.45, 2.75) is 12.8 Å². The van der Waals surface area contributed by atoms with Crippen molar-refractivity contribution >= 4 is 86.9 Å². The van der Waals surface area contributed by atoms with Crippen molar-refractivity contribution in [2.75, 3.05) is 0 Å². The standard InChI is InChI=1S/C52H34N2S/c1-2-11-35-30-39(27-20-33(35)10-1)54-47-17-7-4-13-42(47)45-32-37(24-29-49(45)54)36-23-28-48-44(31-36)41-12-3-6-16-46(41)53(48)38-25-21-34(22-26-38)40-15-9-19-51-52(40)43-14-5-8-18-50(43)55-51/h1-19,21-26,28-32H,20,27H2. The molecule has 3 heterocycles. The van der Waals surface area contributed by atoms with Gasteiger partial charge in [0, 0.05) is 53.1 Å². The van der Waals surface area contributed by atoms with Crippen LogP contribution in [0.25, 0.3) is 103 Å². The van der Waals surface area contributed by atoms with E-state index in [-0.39, 0.29) is 0 Å². The molecule has 0 bridgehead atoms. The van der Waals surface area contributed by atoms with Crippen LogP contribution >= 0.6 is 11.3 Å². The van der Waals surface area contributed by atoms with E-state index in [0.717, 1.165) is 12.8 Å². The number of aromatic nitrogens is 2. The lowest BCUT2D eigenvalue weighted by atomic mass is 9.95. The third-order valence-electron chi connectivity index (χ3n) is 11.8. The molecule has 11 aromatic rings. The van der Waals surface area contributed by atoms with Crippen molar-refractivity contribution < 1.29 is 0 Å². The Morgan fingerprint density at radius 2 is 0.982 bits per heavy atom. The average Bonchev–Trinajstić information content (AvgIpc) is 3.91. The van der Waals surface area contributed by atoms with Crippen molar-refractivity contribution in [1.29, 1.82) is 0 Å². The molecule has 8 aromatic carbocycles. The summed E-state index contributed by atoms with van der Waals surface area (Å²) in [7, 11) is 0. The fraction of sp³-hybridized carbons (Fsp3) is 0.0385. The molecule has 0 spiro atoms. The third-order valence-corrected chi connectivity index (χ3v) is 13.0. The Morgan fingerprint density at radius 3 is 1.75 bits per heavy atom. The van der Waals surface area contributed by atoms with Crippen molar-refractivity contribution in [3.05, 3.63) is 187 Å². The molecule has 258 valence electrons. The van der Waals surface area contributed by atoms with Gasteiger partial charge in [-0.25, -0.2) is 0 Å². The molecule has 55 heavy (non-hydrogen) atoms. The van der Waals surface area contributed by atoms with Crippen molar-refractivity contribution in [1.82, 2.24) is 9.13 Å². The lowest BCUT2D eigenvalue weighted by molar-refractivity contribution is 0.947. The topological polar surface area (TPSA) is 9.86 Å². The van der Waals surface area contributed by atoms with Crippen LogP contribution < -0.4 is 0 Å². The van der Waals surface area contributed by atoms with Gasteiger partial charge >= 0.3 is 0 Å². The molecule has 0 fully saturated rings. The number of hydrogen-bond donors (Lipinski definition) is 0. The van der Waals surface area contributed by atoms with E-state index in [2.05, 4.69) is 191 Å². The lowest BCUT2D eigenvalue weighted by Crippen LogP contribution is -2.04. The fourth-order valence-corrected chi connectivity index (χ4v) is 10.4. The van der Waals surface area contributed by atoms with E-state index in [0.29, 0.717) is 0 Å². The zero-order valence-corrected chi connectivity index (χ0v) is 30.9. The summed E-state index contributed by atoms with van der Waals surface area (Å²) < 4.78 is 7.58. The van der Waals surface area contributed by atoms with Crippen LogP contribution in [0.3, 0.4) is 0 Å². The fourth-order valence-electron chi connectivity index (χ4n) is 9.29. The van der Waals surface area contributed by atoms with E-state index in [9.17, 15) is 0 Å². The van der Waals surface area contributed by atoms with Crippen LogP contribution in [0.1, 0.15) is 17.5 Å². The summed E-state index contributed by atoms with van der Waals surface area (Å²) in [5, 5.41) is 7.79. The van der Waals surface area contributed by atoms with E-state index in [4.69, 9.17) is 0 Å². The van der Waals surface area contributed by atoms with Crippen molar-refractivity contribution in [3.8, 4) is 27.9 Å². The summed E-state index contributed by atoms with van der Waals surface area (Å²) in [6.07, 6.45) is 4.48. The van der Waals surface area contributed by atoms with Crippen LogP contribution in [-0.4, -0.2) is 9.13 Å². The lowest BCUT2D eigenvalue weighted by Gasteiger charge is -2.19. The zero-order valence-electron chi connectivity index (χ0n) is 30.0. The summed E-state index contributed by atoms with van der Waals surface area (Å²) in [5.74, 6) is 0. The van der Waals surface area contributed by atoms with Gasteiger partial charge in [-0.05, 0) is 113 Å². The molecular formula is C52H34N2S. The van der Waals surface area contributed by atoms with Crippen LogP contribution in [0, 0.1) is 0 Å². The largest absolute Gasteiger partial charge is 0.313 e. The minimum Gasteiger partial charge on any atom is -0.313 e. The Bertz CT molecular complexity index is 3370. The first kappa shape index (κ1) is 30.7. The quantitative estimate of drug-likeness (QED) is 0.171. The van der Waals surface area contributed by atoms with Gasteiger partial charge in [0.05, 0.1) is 22.1 Å². The van der Waals surface area contributed by atoms with Gasteiger partial charge in [0.1, 0.15) is 0 Å². The predicted molar refractivity (Wildman–Crippen MR) is 236 cm³/mol. The zero-order chi connectivity index (χ0) is 36.0. The first-order valence-corrected chi connectivity index (χ1v) is 20.0. The van der Waals surface area contributed by atoms with Gasteiger partial charge < -0.3 is 9.13 Å². The highest BCUT2D eigenvalue weighted by Gasteiger charge is 2.19. The highest BCUT2D eigenvalue weighted by atomic mass is 32.1. The summed E-state index contributed by atoms with van der Waals surface area (Å²) in [5.41, 5.74) is 15.2. The third kappa shape index (κ3) is 4.67. The Morgan fingerprint density at radius 1 is 0.400 bits per heavy atom. The molecule has 0 unspecified atom stereocenters. The number of benzene rings is 8. The van der Waals surface area contributed by atoms with E-state index in [1.165, 1.54) is 109 Å². The number of para-hydroxylation sites is 2. The van der Waals surface area contributed by atoms with Crippen LogP contribution in [-0.2, 0) is 6.42 Å². The summed E-state index contributed by atoms with van der Waals surface area (Å²) in [6.45, 7) is 0. The number of thiophene rings is 1. The number of aryl methyl sites for hydroxylation is 1. The Balaban J connectivity index is 0.971. The van der Waals surface area contributed by atoms with Gasteiger partial charge in [-0.15, -0.1) is 11.3 Å². The predicted octanol–water partition coefficient (Wildman–Crippen LogP) is 14.5. The van der Waals surface area contributed by atoms with Crippen LogP contribution in [0.15, 0.2) is 176 Å². The maximum atomic E-state index is 2.50. The maximum Gasteiger partial charge on any atom is 0.0541 e. The van der Waals surface area contributed by atoms with Gasteiger partial charge in [-0.3, -0.25) is 0 Å². The number of hydrogen-bond acceptors (Lipinski definition) is 1.